The van der Waals surface area contributed by atoms with Gasteiger partial charge in [0.05, 0.1) is 30.3 Å². The number of aliphatic hydroxyl groups is 1. The molecule has 3 aliphatic heterocycles. The summed E-state index contributed by atoms with van der Waals surface area (Å²) in [7, 11) is 1.58. The highest BCUT2D eigenvalue weighted by molar-refractivity contribution is 8.02. The van der Waals surface area contributed by atoms with Crippen molar-refractivity contribution in [3.63, 3.8) is 0 Å². The van der Waals surface area contributed by atoms with E-state index in [1.807, 2.05) is 19.1 Å². The molecule has 0 radical (unpaired) electrons. The van der Waals surface area contributed by atoms with Gasteiger partial charge in [-0.25, -0.2) is 0 Å². The van der Waals surface area contributed by atoms with Gasteiger partial charge in [0.25, 0.3) is 5.91 Å². The van der Waals surface area contributed by atoms with E-state index in [0.29, 0.717) is 30.9 Å². The lowest BCUT2D eigenvalue weighted by Crippen LogP contribution is -2.55. The van der Waals surface area contributed by atoms with E-state index in [4.69, 9.17) is 4.74 Å². The number of carbonyl (C=O) groups excluding carboxylic acids is 3. The van der Waals surface area contributed by atoms with Crippen molar-refractivity contribution < 1.29 is 24.2 Å². The molecule has 38 heavy (non-hydrogen) atoms. The number of likely N-dealkylation sites (tertiary alicyclic amines) is 1. The summed E-state index contributed by atoms with van der Waals surface area (Å²) in [5.41, 5.74) is 0.670. The van der Waals surface area contributed by atoms with Crippen molar-refractivity contribution in [1.29, 1.82) is 0 Å². The average Bonchev–Trinajstić information content (AvgIpc) is 3.47. The van der Waals surface area contributed by atoms with Gasteiger partial charge in [-0.05, 0) is 50.5 Å². The second-order valence-corrected chi connectivity index (χ2v) is 12.4. The molecule has 1 N–H and O–H groups in total. The predicted molar refractivity (Wildman–Crippen MR) is 150 cm³/mol. The molecule has 0 saturated carbocycles. The number of benzene rings is 1. The highest BCUT2D eigenvalue weighted by Gasteiger charge is 2.77. The van der Waals surface area contributed by atoms with Crippen LogP contribution in [0.2, 0.25) is 0 Å². The molecule has 3 fully saturated rings. The molecular weight excluding hydrogens is 502 g/mol. The zero-order valence-electron chi connectivity index (χ0n) is 22.6. The first-order valence-electron chi connectivity index (χ1n) is 13.3. The molecule has 206 valence electrons. The van der Waals surface area contributed by atoms with Crippen LogP contribution >= 0.6 is 11.8 Å². The van der Waals surface area contributed by atoms with Gasteiger partial charge in [-0.1, -0.05) is 19.1 Å². The number of nitrogens with zero attached hydrogens (tertiary/aromatic N) is 3. The Morgan fingerprint density at radius 3 is 2.45 bits per heavy atom. The summed E-state index contributed by atoms with van der Waals surface area (Å²) in [5.74, 6) is -0.961. The van der Waals surface area contributed by atoms with Gasteiger partial charge in [-0.3, -0.25) is 14.4 Å². The fourth-order valence-corrected chi connectivity index (χ4v) is 9.05. The van der Waals surface area contributed by atoms with Crippen molar-refractivity contribution in [3.05, 3.63) is 49.6 Å². The Balaban J connectivity index is 1.77. The predicted octanol–water partition coefficient (Wildman–Crippen LogP) is 3.11. The van der Waals surface area contributed by atoms with Gasteiger partial charge in [0.1, 0.15) is 11.8 Å². The van der Waals surface area contributed by atoms with Gasteiger partial charge >= 0.3 is 0 Å². The zero-order valence-corrected chi connectivity index (χ0v) is 23.4. The number of anilines is 1. The fraction of sp³-hybridized carbons (Fsp3) is 0.552. The van der Waals surface area contributed by atoms with Crippen molar-refractivity contribution in [3.8, 4) is 5.75 Å². The van der Waals surface area contributed by atoms with Crippen molar-refractivity contribution >= 4 is 35.2 Å². The maximum Gasteiger partial charge on any atom is 0.251 e. The highest BCUT2D eigenvalue weighted by Crippen LogP contribution is 2.71. The number of β-amino-alcohol motifs (C(OH)–C–C–N with tert-alkyl or cyclic N) is 1. The minimum Gasteiger partial charge on any atom is -0.497 e. The van der Waals surface area contributed by atoms with Crippen LogP contribution in [0.1, 0.15) is 33.1 Å². The molecule has 2 unspecified atom stereocenters. The highest BCUT2D eigenvalue weighted by atomic mass is 32.2. The van der Waals surface area contributed by atoms with Crippen LogP contribution in [0.3, 0.4) is 0 Å². The number of ether oxygens (including phenoxy) is 1. The molecular formula is C29H39N3O5S. The Kier molecular flexibility index (Phi) is 8.28. The lowest BCUT2D eigenvalue weighted by Gasteiger charge is -2.38. The lowest BCUT2D eigenvalue weighted by atomic mass is 9.66. The van der Waals surface area contributed by atoms with Crippen LogP contribution in [0.5, 0.6) is 5.75 Å². The van der Waals surface area contributed by atoms with E-state index in [9.17, 15) is 19.5 Å². The number of hydrogen-bond donors (Lipinski definition) is 1. The van der Waals surface area contributed by atoms with E-state index in [-0.39, 0.29) is 37.4 Å². The first kappa shape index (κ1) is 28.2. The van der Waals surface area contributed by atoms with Crippen LogP contribution in [0.25, 0.3) is 0 Å². The van der Waals surface area contributed by atoms with Crippen molar-refractivity contribution in [1.82, 2.24) is 9.80 Å². The maximum absolute atomic E-state index is 14.4. The molecule has 8 nitrogen and oxygen atoms in total. The summed E-state index contributed by atoms with van der Waals surface area (Å²) >= 11 is 1.64. The Labute approximate surface area is 229 Å². The van der Waals surface area contributed by atoms with E-state index in [1.165, 1.54) is 4.90 Å². The Hall–Kier alpha value is -2.78. The Morgan fingerprint density at radius 1 is 1.18 bits per heavy atom. The summed E-state index contributed by atoms with van der Waals surface area (Å²) in [6, 6.07) is 6.41. The first-order chi connectivity index (χ1) is 18.2. The lowest BCUT2D eigenvalue weighted by molar-refractivity contribution is -0.145. The summed E-state index contributed by atoms with van der Waals surface area (Å²) in [5, 5.41) is 9.90. The number of fused-ring (bicyclic) bond motifs is 1. The molecule has 9 heteroatoms. The van der Waals surface area contributed by atoms with Gasteiger partial charge < -0.3 is 24.5 Å². The Bertz CT molecular complexity index is 1090. The normalized spacial score (nSPS) is 29.2. The second kappa shape index (κ2) is 11.1. The molecule has 3 aliphatic rings. The van der Waals surface area contributed by atoms with Gasteiger partial charge in [0, 0.05) is 36.6 Å². The SMILES string of the molecule is C=CCN(CCC)C(=O)[C@@H]1[C@H]2C(=O)N(CCO)C(C(=O)N(CC=C)c3ccc(OC)cc3)C23CC[C@@]1(C)S3. The number of carbonyl (C=O) groups is 3. The minimum atomic E-state index is -0.794. The van der Waals surface area contributed by atoms with Crippen LogP contribution in [0.4, 0.5) is 5.69 Å². The van der Waals surface area contributed by atoms with E-state index in [1.54, 1.807) is 53.0 Å². The van der Waals surface area contributed by atoms with Crippen LogP contribution in [-0.4, -0.2) is 88.1 Å². The largest absolute Gasteiger partial charge is 0.497 e. The quantitative estimate of drug-likeness (QED) is 0.409. The summed E-state index contributed by atoms with van der Waals surface area (Å²) in [4.78, 5) is 47.4. The monoisotopic (exact) mass is 541 g/mol. The van der Waals surface area contributed by atoms with E-state index < -0.39 is 27.4 Å². The van der Waals surface area contributed by atoms with Gasteiger partial charge in [-0.2, -0.15) is 0 Å². The Morgan fingerprint density at radius 2 is 1.87 bits per heavy atom. The summed E-state index contributed by atoms with van der Waals surface area (Å²) < 4.78 is 4.09. The topological polar surface area (TPSA) is 90.4 Å². The van der Waals surface area contributed by atoms with Crippen LogP contribution in [-0.2, 0) is 14.4 Å². The number of methoxy groups -OCH3 is 1. The number of aliphatic hydroxyl groups excluding tert-OH is 1. The molecule has 1 aromatic carbocycles. The number of hydrogen-bond acceptors (Lipinski definition) is 6. The number of rotatable bonds is 12. The van der Waals surface area contributed by atoms with Crippen LogP contribution in [0.15, 0.2) is 49.6 Å². The molecule has 4 rings (SSSR count). The van der Waals surface area contributed by atoms with Gasteiger partial charge in [-0.15, -0.1) is 24.9 Å². The van der Waals surface area contributed by atoms with E-state index in [2.05, 4.69) is 20.1 Å². The second-order valence-electron chi connectivity index (χ2n) is 10.5. The standard InChI is InChI=1S/C29H39N3O5S/c1-6-15-30(16-7-2)25(34)22-23-26(35)32(18-19-33)24(29(23)14-13-28(22,4)38-29)27(36)31(17-8-3)20-9-11-21(37-5)12-10-20/h6,8-12,22-24,33H,1,3,7,13-19H2,2,4-5H3/t22-,23-,24?,28+,29?/m0/s1. The molecule has 0 aromatic heterocycles. The van der Waals surface area contributed by atoms with Gasteiger partial charge in [0.15, 0.2) is 0 Å². The van der Waals surface area contributed by atoms with Crippen LogP contribution in [0, 0.1) is 11.8 Å². The van der Waals surface area contributed by atoms with E-state index in [0.717, 1.165) is 12.8 Å². The van der Waals surface area contributed by atoms with Gasteiger partial charge in [0.2, 0.25) is 11.8 Å². The number of amides is 3. The molecule has 3 heterocycles. The third-order valence-corrected chi connectivity index (χ3v) is 10.2. The van der Waals surface area contributed by atoms with Crippen LogP contribution < -0.4 is 9.64 Å². The zero-order chi connectivity index (χ0) is 27.7. The van der Waals surface area contributed by atoms with Crippen molar-refractivity contribution in [2.45, 2.75) is 48.6 Å². The molecule has 0 aliphatic carbocycles. The molecule has 1 spiro atoms. The fourth-order valence-electron chi connectivity index (χ4n) is 6.70. The molecule has 2 bridgehead atoms. The smallest absolute Gasteiger partial charge is 0.251 e. The molecule has 5 atom stereocenters. The first-order valence-corrected chi connectivity index (χ1v) is 14.1. The molecule has 3 amide bonds. The maximum atomic E-state index is 14.4. The minimum absolute atomic E-state index is 0.0432. The summed E-state index contributed by atoms with van der Waals surface area (Å²) in [6.07, 6.45) is 5.58. The molecule has 3 saturated heterocycles. The third kappa shape index (κ3) is 4.43. The number of thioether (sulfide) groups is 1. The third-order valence-electron chi connectivity index (χ3n) is 8.23. The average molecular weight is 542 g/mol. The molecule has 1 aromatic rings. The summed E-state index contributed by atoms with van der Waals surface area (Å²) in [6.45, 7) is 12.8. The van der Waals surface area contributed by atoms with Crippen molar-refractivity contribution in [2.75, 3.05) is 44.8 Å². The van der Waals surface area contributed by atoms with Crippen molar-refractivity contribution in [2.24, 2.45) is 11.8 Å². The van der Waals surface area contributed by atoms with E-state index >= 15 is 0 Å².